The summed E-state index contributed by atoms with van der Waals surface area (Å²) < 4.78 is 62.3. The summed E-state index contributed by atoms with van der Waals surface area (Å²) in [4.78, 5) is 3.10. The highest BCUT2D eigenvalue weighted by Gasteiger charge is 2.36. The van der Waals surface area contributed by atoms with Crippen LogP contribution >= 0.6 is 0 Å². The second-order valence-electron chi connectivity index (χ2n) is 2.95. The molecule has 1 heterocycles. The van der Waals surface area contributed by atoms with E-state index in [9.17, 15) is 22.0 Å². The second-order valence-corrected chi connectivity index (χ2v) is 2.95. The molecule has 8 heteroatoms. The van der Waals surface area contributed by atoms with Gasteiger partial charge in [-0.3, -0.25) is 0 Å². The minimum Gasteiger partial charge on any atom is -0.383 e. The molecule has 0 radical (unpaired) electrons. The molecule has 0 unspecified atom stereocenters. The van der Waals surface area contributed by atoms with Crippen molar-refractivity contribution in [2.24, 2.45) is 5.73 Å². The summed E-state index contributed by atoms with van der Waals surface area (Å²) in [5.41, 5.74) is 7.20. The van der Waals surface area contributed by atoms with Gasteiger partial charge in [0.2, 0.25) is 0 Å². The lowest BCUT2D eigenvalue weighted by Crippen LogP contribution is -2.17. The molecule has 0 atom stereocenters. The van der Waals surface area contributed by atoms with Crippen molar-refractivity contribution in [2.75, 3.05) is 5.73 Å². The first-order valence-corrected chi connectivity index (χ1v) is 4.11. The lowest BCUT2D eigenvalue weighted by atomic mass is 10.0. The normalized spacial score (nSPS) is 12.2. The van der Waals surface area contributed by atoms with Crippen LogP contribution < -0.4 is 11.5 Å². The first kappa shape index (κ1) is 12.6. The van der Waals surface area contributed by atoms with E-state index in [1.54, 1.807) is 0 Å². The van der Waals surface area contributed by atoms with Crippen LogP contribution in [0.25, 0.3) is 0 Å². The summed E-state index contributed by atoms with van der Waals surface area (Å²) in [6, 6.07) is 0. The quantitative estimate of drug-likeness (QED) is 0.779. The van der Waals surface area contributed by atoms with Gasteiger partial charge in [0.1, 0.15) is 5.82 Å². The molecule has 0 saturated carbocycles. The molecule has 90 valence electrons. The Morgan fingerprint density at radius 1 is 1.31 bits per heavy atom. The molecule has 0 spiro atoms. The highest BCUT2D eigenvalue weighted by molar-refractivity contribution is 5.49. The Balaban J connectivity index is 3.49. The van der Waals surface area contributed by atoms with E-state index in [4.69, 9.17) is 11.5 Å². The summed E-state index contributed by atoms with van der Waals surface area (Å²) >= 11 is 0. The van der Waals surface area contributed by atoms with Gasteiger partial charge in [-0.05, 0) is 5.56 Å². The third-order valence-electron chi connectivity index (χ3n) is 1.99. The molecular formula is C8H8F5N3. The molecule has 1 aromatic heterocycles. The molecule has 0 fully saturated rings. The van der Waals surface area contributed by atoms with Crippen molar-refractivity contribution in [3.63, 3.8) is 0 Å². The molecule has 1 rings (SSSR count). The van der Waals surface area contributed by atoms with Crippen molar-refractivity contribution in [1.29, 1.82) is 0 Å². The van der Waals surface area contributed by atoms with Crippen LogP contribution in [0.3, 0.4) is 0 Å². The standard InChI is InChI=1S/C8H8F5N3/c9-6(10)5-3(1-14)4(8(11,12)13)2-16-7(5)15/h2,6H,1,14H2,(H2,15,16). The summed E-state index contributed by atoms with van der Waals surface area (Å²) in [6.07, 6.45) is -7.52. The van der Waals surface area contributed by atoms with Gasteiger partial charge in [-0.1, -0.05) is 0 Å². The fourth-order valence-electron chi connectivity index (χ4n) is 1.29. The van der Waals surface area contributed by atoms with Crippen LogP contribution in [0.4, 0.5) is 27.8 Å². The SMILES string of the molecule is NCc1c(C(F)(F)F)cnc(N)c1C(F)F. The van der Waals surface area contributed by atoms with Gasteiger partial charge in [-0.15, -0.1) is 0 Å². The maximum atomic E-state index is 12.5. The Hall–Kier alpha value is -1.44. The summed E-state index contributed by atoms with van der Waals surface area (Å²) in [5, 5.41) is 0. The third kappa shape index (κ3) is 2.21. The van der Waals surface area contributed by atoms with Crippen molar-refractivity contribution in [3.8, 4) is 0 Å². The molecule has 3 nitrogen and oxygen atoms in total. The van der Waals surface area contributed by atoms with Crippen LogP contribution in [0, 0.1) is 0 Å². The van der Waals surface area contributed by atoms with Crippen LogP contribution in [0.2, 0.25) is 0 Å². The zero-order chi connectivity index (χ0) is 12.5. The van der Waals surface area contributed by atoms with Gasteiger partial charge in [0.05, 0.1) is 11.1 Å². The number of halogens is 5. The van der Waals surface area contributed by atoms with Gasteiger partial charge >= 0.3 is 6.18 Å². The maximum Gasteiger partial charge on any atom is 0.418 e. The topological polar surface area (TPSA) is 64.9 Å². The van der Waals surface area contributed by atoms with E-state index < -0.39 is 41.7 Å². The molecule has 0 aliphatic carbocycles. The largest absolute Gasteiger partial charge is 0.418 e. The summed E-state index contributed by atoms with van der Waals surface area (Å²) in [6.45, 7) is -0.679. The van der Waals surface area contributed by atoms with E-state index >= 15 is 0 Å². The number of alkyl halides is 5. The van der Waals surface area contributed by atoms with Crippen molar-refractivity contribution in [1.82, 2.24) is 4.98 Å². The van der Waals surface area contributed by atoms with Crippen molar-refractivity contribution in [2.45, 2.75) is 19.1 Å². The molecule has 16 heavy (non-hydrogen) atoms. The lowest BCUT2D eigenvalue weighted by Gasteiger charge is -2.16. The molecule has 1 aromatic rings. The second kappa shape index (κ2) is 4.20. The van der Waals surface area contributed by atoms with Crippen LogP contribution in [0.5, 0.6) is 0 Å². The average molecular weight is 241 g/mol. The first-order valence-electron chi connectivity index (χ1n) is 4.11. The molecule has 0 aromatic carbocycles. The molecule has 0 aliphatic heterocycles. The predicted octanol–water partition coefficient (Wildman–Crippen LogP) is 2.08. The average Bonchev–Trinajstić information content (AvgIpc) is 2.14. The number of hydrogen-bond acceptors (Lipinski definition) is 3. The minimum absolute atomic E-state index is 0.406. The number of aromatic nitrogens is 1. The zero-order valence-electron chi connectivity index (χ0n) is 7.85. The number of hydrogen-bond donors (Lipinski definition) is 2. The number of anilines is 1. The Labute approximate surface area is 87.3 Å². The fraction of sp³-hybridized carbons (Fsp3) is 0.375. The molecule has 0 bridgehead atoms. The molecule has 0 aliphatic rings. The van der Waals surface area contributed by atoms with E-state index in [1.807, 2.05) is 0 Å². The first-order chi connectivity index (χ1) is 7.29. The van der Waals surface area contributed by atoms with Crippen LogP contribution in [-0.4, -0.2) is 4.98 Å². The van der Waals surface area contributed by atoms with E-state index in [1.165, 1.54) is 0 Å². The predicted molar refractivity (Wildman–Crippen MR) is 46.5 cm³/mol. The minimum atomic E-state index is -4.78. The van der Waals surface area contributed by atoms with Crippen molar-refractivity contribution >= 4 is 5.82 Å². The highest BCUT2D eigenvalue weighted by Crippen LogP contribution is 2.37. The number of nitrogens with zero attached hydrogens (tertiary/aromatic N) is 1. The van der Waals surface area contributed by atoms with Gasteiger partial charge in [0, 0.05) is 12.7 Å². The molecule has 0 saturated heterocycles. The van der Waals surface area contributed by atoms with Crippen molar-refractivity contribution < 1.29 is 22.0 Å². The maximum absolute atomic E-state index is 12.5. The Bertz CT molecular complexity index is 388. The van der Waals surface area contributed by atoms with Gasteiger partial charge in [0.25, 0.3) is 6.43 Å². The smallest absolute Gasteiger partial charge is 0.383 e. The Morgan fingerprint density at radius 2 is 1.88 bits per heavy atom. The monoisotopic (exact) mass is 241 g/mol. The zero-order valence-corrected chi connectivity index (χ0v) is 7.85. The van der Waals surface area contributed by atoms with Crippen LogP contribution in [-0.2, 0) is 12.7 Å². The van der Waals surface area contributed by atoms with Crippen LogP contribution in [0.1, 0.15) is 23.1 Å². The van der Waals surface area contributed by atoms with Crippen LogP contribution in [0.15, 0.2) is 6.20 Å². The van der Waals surface area contributed by atoms with E-state index in [-0.39, 0.29) is 0 Å². The summed E-state index contributed by atoms with van der Waals surface area (Å²) in [5.74, 6) is -0.636. The molecule has 0 amide bonds. The van der Waals surface area contributed by atoms with E-state index in [2.05, 4.69) is 4.98 Å². The Kier molecular flexibility index (Phi) is 3.32. The highest BCUT2D eigenvalue weighted by atomic mass is 19.4. The summed E-state index contributed by atoms with van der Waals surface area (Å²) in [7, 11) is 0. The van der Waals surface area contributed by atoms with Gasteiger partial charge < -0.3 is 11.5 Å². The number of nitrogen functional groups attached to an aromatic ring is 1. The third-order valence-corrected chi connectivity index (χ3v) is 1.99. The number of pyridine rings is 1. The molecule has 4 N–H and O–H groups in total. The number of nitrogens with two attached hydrogens (primary N) is 2. The van der Waals surface area contributed by atoms with E-state index in [0.29, 0.717) is 6.20 Å². The van der Waals surface area contributed by atoms with Crippen molar-refractivity contribution in [3.05, 3.63) is 22.9 Å². The molecular weight excluding hydrogens is 233 g/mol. The van der Waals surface area contributed by atoms with Gasteiger partial charge in [-0.2, -0.15) is 13.2 Å². The van der Waals surface area contributed by atoms with Gasteiger partial charge in [0.15, 0.2) is 0 Å². The Morgan fingerprint density at radius 3 is 2.25 bits per heavy atom. The van der Waals surface area contributed by atoms with E-state index in [0.717, 1.165) is 0 Å². The lowest BCUT2D eigenvalue weighted by molar-refractivity contribution is -0.138. The number of rotatable bonds is 2. The fourth-order valence-corrected chi connectivity index (χ4v) is 1.29. The van der Waals surface area contributed by atoms with Gasteiger partial charge in [-0.25, -0.2) is 13.8 Å².